The Balaban J connectivity index is 1.39. The van der Waals surface area contributed by atoms with Crippen molar-refractivity contribution in [3.8, 4) is 0 Å². The number of piperidine rings is 1. The minimum Gasteiger partial charge on any atom is -0.374 e. The Bertz CT molecular complexity index is 1100. The molecule has 164 valence electrons. The Hall–Kier alpha value is -2.45. The van der Waals surface area contributed by atoms with E-state index in [1.807, 2.05) is 25.1 Å². The molecule has 3 aromatic rings. The zero-order valence-corrected chi connectivity index (χ0v) is 17.6. The molecule has 0 spiro atoms. The van der Waals surface area contributed by atoms with Crippen LogP contribution in [0, 0.1) is 11.3 Å². The van der Waals surface area contributed by atoms with Gasteiger partial charge in [-0.15, -0.1) is 10.2 Å². The maximum atomic E-state index is 14.0. The van der Waals surface area contributed by atoms with Crippen molar-refractivity contribution in [2.45, 2.75) is 39.1 Å². The minimum absolute atomic E-state index is 0.126. The van der Waals surface area contributed by atoms with Crippen LogP contribution in [0.3, 0.4) is 0 Å². The molecule has 3 heterocycles. The predicted molar refractivity (Wildman–Crippen MR) is 109 cm³/mol. The molecule has 8 heteroatoms. The van der Waals surface area contributed by atoms with E-state index < -0.39 is 11.7 Å². The summed E-state index contributed by atoms with van der Waals surface area (Å²) in [5, 5.41) is 7.78. The molecule has 1 aliphatic heterocycles. The summed E-state index contributed by atoms with van der Waals surface area (Å²) >= 11 is 0. The summed E-state index contributed by atoms with van der Waals surface area (Å²) in [5.74, 6) is 1.35. The average Bonchev–Trinajstić information content (AvgIpc) is 3.01. The van der Waals surface area contributed by atoms with Gasteiger partial charge < -0.3 is 4.74 Å². The monoisotopic (exact) mass is 430 g/mol. The molecule has 2 aliphatic rings. The van der Waals surface area contributed by atoms with Crippen molar-refractivity contribution in [3.05, 3.63) is 65.1 Å². The number of halogens is 3. The number of benzene rings is 1. The first-order valence-corrected chi connectivity index (χ1v) is 10.6. The fourth-order valence-corrected chi connectivity index (χ4v) is 5.42. The second kappa shape index (κ2) is 7.31. The maximum absolute atomic E-state index is 14.0. The number of ether oxygens (including phenoxy) is 1. The summed E-state index contributed by atoms with van der Waals surface area (Å²) in [5.41, 5.74) is 0.852. The van der Waals surface area contributed by atoms with Gasteiger partial charge in [0, 0.05) is 32.4 Å². The number of hydrogen-bond acceptors (Lipinski definition) is 4. The third-order valence-electron chi connectivity index (χ3n) is 6.88. The second-order valence-corrected chi connectivity index (χ2v) is 8.83. The van der Waals surface area contributed by atoms with Crippen molar-refractivity contribution in [2.24, 2.45) is 11.3 Å². The maximum Gasteiger partial charge on any atom is 0.420 e. The normalized spacial score (nSPS) is 25.8. The molecular formula is C23H25F3N4O. The molecular weight excluding hydrogens is 405 g/mol. The Kier molecular flexibility index (Phi) is 4.82. The van der Waals surface area contributed by atoms with Gasteiger partial charge in [0.2, 0.25) is 0 Å². The Morgan fingerprint density at radius 2 is 1.94 bits per heavy atom. The highest BCUT2D eigenvalue weighted by atomic mass is 19.4. The van der Waals surface area contributed by atoms with Gasteiger partial charge in [-0.1, -0.05) is 37.3 Å². The molecule has 1 aliphatic carbocycles. The quantitative estimate of drug-likeness (QED) is 0.577. The van der Waals surface area contributed by atoms with Crippen LogP contribution >= 0.6 is 0 Å². The molecule has 0 bridgehead atoms. The van der Waals surface area contributed by atoms with E-state index in [1.54, 1.807) is 12.3 Å². The molecule has 1 saturated heterocycles. The highest BCUT2D eigenvalue weighted by Crippen LogP contribution is 2.68. The fraction of sp³-hybridized carbons (Fsp3) is 0.478. The van der Waals surface area contributed by atoms with Crippen LogP contribution in [0.25, 0.3) is 5.65 Å². The average molecular weight is 430 g/mol. The zero-order valence-electron chi connectivity index (χ0n) is 17.6. The molecule has 5 nitrogen and oxygen atoms in total. The van der Waals surface area contributed by atoms with Crippen molar-refractivity contribution in [2.75, 3.05) is 19.7 Å². The van der Waals surface area contributed by atoms with Gasteiger partial charge in [-0.2, -0.15) is 13.2 Å². The van der Waals surface area contributed by atoms with Gasteiger partial charge in [-0.3, -0.25) is 9.30 Å². The third-order valence-corrected chi connectivity index (χ3v) is 6.88. The molecule has 0 N–H and O–H groups in total. The summed E-state index contributed by atoms with van der Waals surface area (Å²) < 4.78 is 48.8. The van der Waals surface area contributed by atoms with Gasteiger partial charge in [0.25, 0.3) is 0 Å². The summed E-state index contributed by atoms with van der Waals surface area (Å²) in [6, 6.07) is 12.0. The van der Waals surface area contributed by atoms with E-state index in [2.05, 4.69) is 34.2 Å². The number of rotatable bonds is 6. The smallest absolute Gasteiger partial charge is 0.374 e. The first kappa shape index (κ1) is 20.5. The summed E-state index contributed by atoms with van der Waals surface area (Å²) in [4.78, 5) is 2.14. The topological polar surface area (TPSA) is 42.7 Å². The molecule has 1 saturated carbocycles. The van der Waals surface area contributed by atoms with Gasteiger partial charge in [0.1, 0.15) is 12.2 Å². The number of aromatic nitrogens is 3. The van der Waals surface area contributed by atoms with Crippen molar-refractivity contribution < 1.29 is 17.9 Å². The largest absolute Gasteiger partial charge is 0.420 e. The van der Waals surface area contributed by atoms with E-state index in [9.17, 15) is 13.2 Å². The van der Waals surface area contributed by atoms with E-state index in [1.165, 1.54) is 9.96 Å². The van der Waals surface area contributed by atoms with Gasteiger partial charge in [0.15, 0.2) is 11.5 Å². The lowest BCUT2D eigenvalue weighted by Crippen LogP contribution is -2.27. The van der Waals surface area contributed by atoms with E-state index in [0.717, 1.165) is 13.1 Å². The zero-order chi connectivity index (χ0) is 21.8. The van der Waals surface area contributed by atoms with Crippen LogP contribution in [0.1, 0.15) is 42.3 Å². The van der Waals surface area contributed by atoms with Crippen LogP contribution in [0.5, 0.6) is 0 Å². The number of alkyl halides is 3. The summed E-state index contributed by atoms with van der Waals surface area (Å²) in [6.45, 7) is 6.52. The van der Waals surface area contributed by atoms with Crippen LogP contribution in [0.4, 0.5) is 13.2 Å². The van der Waals surface area contributed by atoms with E-state index >= 15 is 0 Å². The van der Waals surface area contributed by atoms with E-state index in [-0.39, 0.29) is 29.8 Å². The van der Waals surface area contributed by atoms with E-state index in [4.69, 9.17) is 4.74 Å². The second-order valence-electron chi connectivity index (χ2n) is 8.83. The van der Waals surface area contributed by atoms with Crippen molar-refractivity contribution in [1.82, 2.24) is 19.5 Å². The molecule has 31 heavy (non-hydrogen) atoms. The van der Waals surface area contributed by atoms with Gasteiger partial charge in [0.05, 0.1) is 0 Å². The molecule has 3 atom stereocenters. The molecule has 0 radical (unpaired) electrons. The number of nitrogens with zero attached hydrogens (tertiary/aromatic N) is 4. The van der Waals surface area contributed by atoms with Crippen molar-refractivity contribution in [3.63, 3.8) is 0 Å². The van der Waals surface area contributed by atoms with Gasteiger partial charge in [-0.05, 0) is 41.4 Å². The van der Waals surface area contributed by atoms with Crippen LogP contribution in [0.2, 0.25) is 0 Å². The molecule has 0 amide bonds. The molecule has 2 fully saturated rings. The highest BCUT2D eigenvalue weighted by molar-refractivity contribution is 5.53. The third kappa shape index (κ3) is 3.42. The first-order chi connectivity index (χ1) is 14.8. The van der Waals surface area contributed by atoms with Gasteiger partial charge >= 0.3 is 6.18 Å². The lowest BCUT2D eigenvalue weighted by Gasteiger charge is -2.24. The molecule has 1 unspecified atom stereocenters. The van der Waals surface area contributed by atoms with Gasteiger partial charge in [-0.25, -0.2) is 0 Å². The first-order valence-electron chi connectivity index (χ1n) is 10.6. The van der Waals surface area contributed by atoms with Crippen molar-refractivity contribution >= 4 is 5.65 Å². The molecule has 5 rings (SSSR count). The number of pyridine rings is 1. The van der Waals surface area contributed by atoms with Crippen LogP contribution in [-0.2, 0) is 24.1 Å². The summed E-state index contributed by atoms with van der Waals surface area (Å²) in [7, 11) is 0. The number of fused-ring (bicyclic) bond motifs is 2. The fourth-order valence-electron chi connectivity index (χ4n) is 5.42. The van der Waals surface area contributed by atoms with Crippen LogP contribution in [-0.4, -0.2) is 39.2 Å². The molecule has 2 aromatic heterocycles. The number of hydrogen-bond donors (Lipinski definition) is 0. The van der Waals surface area contributed by atoms with E-state index in [0.29, 0.717) is 24.3 Å². The SMILES string of the molecule is CCOCc1nnc2c(C(F)(F)F)c(CN3CC4[C@@H](c5ccccc5)[C@]4(C)C3)ccn12. The predicted octanol–water partition coefficient (Wildman–Crippen LogP) is 4.52. The Morgan fingerprint density at radius 1 is 1.16 bits per heavy atom. The lowest BCUT2D eigenvalue weighted by molar-refractivity contribution is -0.137. The number of likely N-dealkylation sites (tertiary alicyclic amines) is 1. The highest BCUT2D eigenvalue weighted by Gasteiger charge is 2.65. The van der Waals surface area contributed by atoms with Crippen LogP contribution in [0.15, 0.2) is 42.6 Å². The Labute approximate surface area is 178 Å². The standard InChI is InChI=1S/C23H25F3N4O/c1-3-31-13-18-27-28-21-20(23(24,25)26)16(9-10-30(18)21)11-29-12-17-19(22(17,2)14-29)15-7-5-4-6-8-15/h4-10,17,19H,3,11-14H2,1-2H3/t17?,19-,22-/m1/s1. The summed E-state index contributed by atoms with van der Waals surface area (Å²) in [6.07, 6.45) is -2.88. The Morgan fingerprint density at radius 3 is 2.58 bits per heavy atom. The van der Waals surface area contributed by atoms with Crippen LogP contribution < -0.4 is 0 Å². The molecule has 1 aromatic carbocycles. The lowest BCUT2D eigenvalue weighted by atomic mass is 10.0. The van der Waals surface area contributed by atoms with Crippen molar-refractivity contribution in [1.29, 1.82) is 0 Å². The minimum atomic E-state index is -4.51.